The van der Waals surface area contributed by atoms with Gasteiger partial charge in [-0.3, -0.25) is 9.59 Å². The van der Waals surface area contributed by atoms with Gasteiger partial charge in [-0.1, -0.05) is 32.4 Å². The Morgan fingerprint density at radius 1 is 1.26 bits per heavy atom. The van der Waals surface area contributed by atoms with Crippen molar-refractivity contribution in [2.75, 3.05) is 0 Å². The minimum Gasteiger partial charge on any atom is -0.481 e. The zero-order valence-electron chi connectivity index (χ0n) is 12.1. The van der Waals surface area contributed by atoms with Crippen LogP contribution in [-0.2, 0) is 9.59 Å². The van der Waals surface area contributed by atoms with Crippen LogP contribution in [0.4, 0.5) is 0 Å². The Balaban J connectivity index is 2.56. The molecule has 0 heterocycles. The molecule has 1 aliphatic rings. The Kier molecular flexibility index (Phi) is 6.06. The summed E-state index contributed by atoms with van der Waals surface area (Å²) < 4.78 is 0. The molecule has 0 saturated heterocycles. The summed E-state index contributed by atoms with van der Waals surface area (Å²) in [5.74, 6) is -1.44. The largest absolute Gasteiger partial charge is 0.481 e. The van der Waals surface area contributed by atoms with E-state index >= 15 is 0 Å². The number of rotatable bonds is 6. The summed E-state index contributed by atoms with van der Waals surface area (Å²) in [6, 6.07) is 0.0998. The summed E-state index contributed by atoms with van der Waals surface area (Å²) in [4.78, 5) is 23.4. The van der Waals surface area contributed by atoms with E-state index in [0.29, 0.717) is 18.8 Å². The number of hydrogen-bond acceptors (Lipinski definition) is 2. The van der Waals surface area contributed by atoms with Gasteiger partial charge >= 0.3 is 5.97 Å². The van der Waals surface area contributed by atoms with Crippen molar-refractivity contribution in [2.45, 2.75) is 52.5 Å². The Morgan fingerprint density at radius 2 is 1.84 bits per heavy atom. The highest BCUT2D eigenvalue weighted by Crippen LogP contribution is 2.26. The summed E-state index contributed by atoms with van der Waals surface area (Å²) in [6.07, 6.45) is 6.76. The molecule has 0 aromatic heterocycles. The van der Waals surface area contributed by atoms with E-state index in [1.165, 1.54) is 0 Å². The van der Waals surface area contributed by atoms with E-state index in [4.69, 9.17) is 5.11 Å². The average molecular weight is 267 g/mol. The molecule has 19 heavy (non-hydrogen) atoms. The third-order valence-electron chi connectivity index (χ3n) is 3.93. The molecule has 1 aliphatic carbocycles. The lowest BCUT2D eigenvalue weighted by atomic mass is 9.82. The van der Waals surface area contributed by atoms with E-state index in [1.807, 2.05) is 19.1 Å². The van der Waals surface area contributed by atoms with Crippen molar-refractivity contribution in [3.8, 4) is 0 Å². The van der Waals surface area contributed by atoms with Gasteiger partial charge in [0.1, 0.15) is 0 Å². The second-order valence-electron chi connectivity index (χ2n) is 5.65. The minimum absolute atomic E-state index is 0.0998. The van der Waals surface area contributed by atoms with Gasteiger partial charge in [0.15, 0.2) is 0 Å². The van der Waals surface area contributed by atoms with Gasteiger partial charge in [0.05, 0.1) is 11.8 Å². The van der Waals surface area contributed by atoms with Crippen LogP contribution < -0.4 is 5.32 Å². The van der Waals surface area contributed by atoms with E-state index in [0.717, 1.165) is 12.8 Å². The van der Waals surface area contributed by atoms with E-state index in [9.17, 15) is 9.59 Å². The first-order valence-electron chi connectivity index (χ1n) is 7.13. The molecule has 0 aromatic rings. The molecule has 0 spiro atoms. The molecule has 0 radical (unpaired) electrons. The molecule has 1 amide bonds. The average Bonchev–Trinajstić information content (AvgIpc) is 2.38. The summed E-state index contributed by atoms with van der Waals surface area (Å²) in [5.41, 5.74) is 0. The zero-order valence-corrected chi connectivity index (χ0v) is 12.1. The lowest BCUT2D eigenvalue weighted by molar-refractivity contribution is -0.147. The fourth-order valence-corrected chi connectivity index (χ4v) is 2.56. The second-order valence-corrected chi connectivity index (χ2v) is 5.65. The molecule has 0 saturated carbocycles. The van der Waals surface area contributed by atoms with E-state index in [1.54, 1.807) is 0 Å². The molecule has 4 unspecified atom stereocenters. The van der Waals surface area contributed by atoms with Crippen molar-refractivity contribution in [1.82, 2.24) is 5.32 Å². The third-order valence-corrected chi connectivity index (χ3v) is 3.93. The summed E-state index contributed by atoms with van der Waals surface area (Å²) >= 11 is 0. The molecule has 1 rings (SSSR count). The summed E-state index contributed by atoms with van der Waals surface area (Å²) in [6.45, 7) is 6.27. The molecule has 0 fully saturated rings. The summed E-state index contributed by atoms with van der Waals surface area (Å²) in [7, 11) is 0. The first kappa shape index (κ1) is 15.7. The van der Waals surface area contributed by atoms with Crippen molar-refractivity contribution in [2.24, 2.45) is 17.8 Å². The Bertz CT molecular complexity index is 351. The van der Waals surface area contributed by atoms with E-state index < -0.39 is 17.8 Å². The SMILES string of the molecule is CCC(C)CC(C)NC(=O)C1CC=CCC1C(=O)O. The third kappa shape index (κ3) is 4.69. The predicted molar refractivity (Wildman–Crippen MR) is 74.7 cm³/mol. The number of carbonyl (C=O) groups is 2. The Labute approximate surface area is 115 Å². The maximum absolute atomic E-state index is 12.2. The van der Waals surface area contributed by atoms with Gasteiger partial charge < -0.3 is 10.4 Å². The van der Waals surface area contributed by atoms with Crippen LogP contribution in [0.3, 0.4) is 0 Å². The zero-order chi connectivity index (χ0) is 14.4. The van der Waals surface area contributed by atoms with Crippen LogP contribution >= 0.6 is 0 Å². The number of amides is 1. The van der Waals surface area contributed by atoms with Gasteiger partial charge in [-0.2, -0.15) is 0 Å². The molecule has 4 nitrogen and oxygen atoms in total. The maximum Gasteiger partial charge on any atom is 0.307 e. The lowest BCUT2D eigenvalue weighted by Crippen LogP contribution is -2.42. The van der Waals surface area contributed by atoms with Gasteiger partial charge in [-0.05, 0) is 32.1 Å². The number of nitrogens with one attached hydrogen (secondary N) is 1. The Hall–Kier alpha value is -1.32. The molecule has 0 aromatic carbocycles. The highest BCUT2D eigenvalue weighted by Gasteiger charge is 2.34. The van der Waals surface area contributed by atoms with Gasteiger partial charge in [-0.25, -0.2) is 0 Å². The lowest BCUT2D eigenvalue weighted by Gasteiger charge is -2.26. The van der Waals surface area contributed by atoms with Crippen LogP contribution in [0.1, 0.15) is 46.5 Å². The van der Waals surface area contributed by atoms with Gasteiger partial charge in [0, 0.05) is 6.04 Å². The number of carbonyl (C=O) groups excluding carboxylic acids is 1. The predicted octanol–water partition coefficient (Wildman–Crippen LogP) is 2.59. The maximum atomic E-state index is 12.2. The molecule has 0 aliphatic heterocycles. The summed E-state index contributed by atoms with van der Waals surface area (Å²) in [5, 5.41) is 12.1. The second kappa shape index (κ2) is 7.31. The molecule has 4 atom stereocenters. The quantitative estimate of drug-likeness (QED) is 0.727. The van der Waals surface area contributed by atoms with Crippen LogP contribution in [0.15, 0.2) is 12.2 Å². The van der Waals surface area contributed by atoms with Crippen LogP contribution in [0, 0.1) is 17.8 Å². The van der Waals surface area contributed by atoms with Gasteiger partial charge in [0.2, 0.25) is 5.91 Å². The number of hydrogen-bond donors (Lipinski definition) is 2. The highest BCUT2D eigenvalue weighted by molar-refractivity contribution is 5.85. The smallest absolute Gasteiger partial charge is 0.307 e. The Morgan fingerprint density at radius 3 is 2.37 bits per heavy atom. The number of carboxylic acids is 1. The fraction of sp³-hybridized carbons (Fsp3) is 0.733. The van der Waals surface area contributed by atoms with E-state index in [2.05, 4.69) is 19.2 Å². The molecule has 2 N–H and O–H groups in total. The topological polar surface area (TPSA) is 66.4 Å². The van der Waals surface area contributed by atoms with Crippen molar-refractivity contribution in [3.05, 3.63) is 12.2 Å². The molecule has 4 heteroatoms. The highest BCUT2D eigenvalue weighted by atomic mass is 16.4. The van der Waals surface area contributed by atoms with Crippen molar-refractivity contribution >= 4 is 11.9 Å². The first-order valence-corrected chi connectivity index (χ1v) is 7.13. The molecule has 108 valence electrons. The monoisotopic (exact) mass is 267 g/mol. The minimum atomic E-state index is -0.876. The number of aliphatic carboxylic acids is 1. The number of allylic oxidation sites excluding steroid dienone is 2. The van der Waals surface area contributed by atoms with Crippen LogP contribution in [0.5, 0.6) is 0 Å². The fourth-order valence-electron chi connectivity index (χ4n) is 2.56. The molecular weight excluding hydrogens is 242 g/mol. The molecular formula is C15H25NO3. The van der Waals surface area contributed by atoms with Crippen molar-refractivity contribution in [1.29, 1.82) is 0 Å². The van der Waals surface area contributed by atoms with Crippen LogP contribution in [-0.4, -0.2) is 23.0 Å². The standard InChI is InChI=1S/C15H25NO3/c1-4-10(2)9-11(3)16-14(17)12-7-5-6-8-13(12)15(18)19/h5-6,10-13H,4,7-9H2,1-3H3,(H,16,17)(H,18,19). The van der Waals surface area contributed by atoms with Crippen LogP contribution in [0.25, 0.3) is 0 Å². The van der Waals surface area contributed by atoms with E-state index in [-0.39, 0.29) is 11.9 Å². The van der Waals surface area contributed by atoms with Crippen molar-refractivity contribution < 1.29 is 14.7 Å². The first-order chi connectivity index (χ1) is 8.95. The molecule has 0 bridgehead atoms. The van der Waals surface area contributed by atoms with Gasteiger partial charge in [0.25, 0.3) is 0 Å². The van der Waals surface area contributed by atoms with Crippen LogP contribution in [0.2, 0.25) is 0 Å². The van der Waals surface area contributed by atoms with Crippen molar-refractivity contribution in [3.63, 3.8) is 0 Å². The number of carboxylic acid groups (broad SMARTS) is 1. The van der Waals surface area contributed by atoms with Gasteiger partial charge in [-0.15, -0.1) is 0 Å². The normalized spacial score (nSPS) is 25.6.